The van der Waals surface area contributed by atoms with Crippen LogP contribution in [0.1, 0.15) is 44.9 Å². The van der Waals surface area contributed by atoms with Crippen LogP contribution in [0.15, 0.2) is 0 Å². The first-order valence-corrected chi connectivity index (χ1v) is 5.13. The van der Waals surface area contributed by atoms with E-state index in [1.54, 1.807) is 0 Å². The van der Waals surface area contributed by atoms with Crippen molar-refractivity contribution < 1.29 is 0 Å². The van der Waals surface area contributed by atoms with Crippen LogP contribution in [0.2, 0.25) is 0 Å². The summed E-state index contributed by atoms with van der Waals surface area (Å²) in [5.41, 5.74) is 6.09. The normalized spacial score (nSPS) is 45.0. The average molecular weight is 153 g/mol. The van der Waals surface area contributed by atoms with Gasteiger partial charge in [-0.25, -0.2) is 0 Å². The number of hydrogen-bond donors (Lipinski definition) is 1. The summed E-state index contributed by atoms with van der Waals surface area (Å²) in [4.78, 5) is 0. The predicted molar refractivity (Wildman–Crippen MR) is 47.3 cm³/mol. The molecule has 0 aromatic rings. The molecule has 0 aliphatic heterocycles. The molecule has 2 aliphatic carbocycles. The van der Waals surface area contributed by atoms with Gasteiger partial charge in [-0.15, -0.1) is 0 Å². The van der Waals surface area contributed by atoms with Crippen molar-refractivity contribution in [2.45, 2.75) is 51.0 Å². The molecular formula is C10H19N. The van der Waals surface area contributed by atoms with Crippen molar-refractivity contribution >= 4 is 0 Å². The molecule has 0 saturated heterocycles. The van der Waals surface area contributed by atoms with Crippen molar-refractivity contribution in [2.24, 2.45) is 17.6 Å². The first kappa shape index (κ1) is 7.60. The molecule has 0 aromatic carbocycles. The fourth-order valence-electron chi connectivity index (χ4n) is 2.99. The molecule has 64 valence electrons. The minimum Gasteiger partial charge on any atom is -0.327 e. The van der Waals surface area contributed by atoms with Gasteiger partial charge in [-0.3, -0.25) is 0 Å². The zero-order valence-electron chi connectivity index (χ0n) is 7.26. The van der Waals surface area contributed by atoms with Crippen LogP contribution in [-0.4, -0.2) is 6.04 Å². The smallest absolute Gasteiger partial charge is 0.00698 e. The van der Waals surface area contributed by atoms with Crippen LogP contribution >= 0.6 is 0 Å². The van der Waals surface area contributed by atoms with Crippen molar-refractivity contribution in [3.05, 3.63) is 0 Å². The van der Waals surface area contributed by atoms with Crippen molar-refractivity contribution in [3.63, 3.8) is 0 Å². The van der Waals surface area contributed by atoms with E-state index < -0.39 is 0 Å². The molecule has 11 heavy (non-hydrogen) atoms. The maximum Gasteiger partial charge on any atom is 0.00698 e. The zero-order chi connectivity index (χ0) is 7.68. The summed E-state index contributed by atoms with van der Waals surface area (Å²) in [7, 11) is 0. The summed E-state index contributed by atoms with van der Waals surface area (Å²) < 4.78 is 0. The van der Waals surface area contributed by atoms with E-state index in [9.17, 15) is 0 Å². The third-order valence-electron chi connectivity index (χ3n) is 3.63. The third kappa shape index (κ3) is 1.44. The standard InChI is InChI=1S/C10H19N/c11-10-7-3-5-8-4-1-2-6-9(8)10/h8-10H,1-7,11H2/t8-,9-,10+/m0/s1. The quantitative estimate of drug-likeness (QED) is 0.568. The second-order valence-corrected chi connectivity index (χ2v) is 4.30. The van der Waals surface area contributed by atoms with Gasteiger partial charge in [0.2, 0.25) is 0 Å². The Bertz CT molecular complexity index is 131. The van der Waals surface area contributed by atoms with Gasteiger partial charge in [-0.2, -0.15) is 0 Å². The van der Waals surface area contributed by atoms with Gasteiger partial charge < -0.3 is 5.73 Å². The van der Waals surface area contributed by atoms with E-state index in [0.717, 1.165) is 11.8 Å². The van der Waals surface area contributed by atoms with E-state index in [0.29, 0.717) is 6.04 Å². The number of rotatable bonds is 0. The summed E-state index contributed by atoms with van der Waals surface area (Å²) in [6, 6.07) is 0.550. The van der Waals surface area contributed by atoms with E-state index in [2.05, 4.69) is 0 Å². The molecule has 1 heteroatoms. The van der Waals surface area contributed by atoms with Crippen LogP contribution in [0, 0.1) is 11.8 Å². The maximum absolute atomic E-state index is 6.09. The monoisotopic (exact) mass is 153 g/mol. The van der Waals surface area contributed by atoms with E-state index in [1.807, 2.05) is 0 Å². The zero-order valence-corrected chi connectivity index (χ0v) is 7.26. The Kier molecular flexibility index (Phi) is 2.17. The summed E-state index contributed by atoms with van der Waals surface area (Å²) in [5.74, 6) is 1.91. The molecular weight excluding hydrogens is 134 g/mol. The molecule has 0 amide bonds. The first-order valence-electron chi connectivity index (χ1n) is 5.13. The van der Waals surface area contributed by atoms with Crippen LogP contribution in [-0.2, 0) is 0 Å². The fraction of sp³-hybridized carbons (Fsp3) is 1.00. The third-order valence-corrected chi connectivity index (χ3v) is 3.63. The van der Waals surface area contributed by atoms with Gasteiger partial charge in [-0.05, 0) is 24.7 Å². The molecule has 0 unspecified atom stereocenters. The fourth-order valence-corrected chi connectivity index (χ4v) is 2.99. The molecule has 0 spiro atoms. The molecule has 2 aliphatic rings. The highest BCUT2D eigenvalue weighted by Gasteiger charge is 2.32. The maximum atomic E-state index is 6.09. The number of hydrogen-bond acceptors (Lipinski definition) is 1. The summed E-state index contributed by atoms with van der Waals surface area (Å²) >= 11 is 0. The highest BCUT2D eigenvalue weighted by atomic mass is 14.7. The Hall–Kier alpha value is -0.0400. The number of fused-ring (bicyclic) bond motifs is 1. The van der Waals surface area contributed by atoms with Gasteiger partial charge in [0.1, 0.15) is 0 Å². The second-order valence-electron chi connectivity index (χ2n) is 4.30. The Morgan fingerprint density at radius 1 is 0.818 bits per heavy atom. The molecule has 0 aromatic heterocycles. The van der Waals surface area contributed by atoms with Crippen molar-refractivity contribution in [1.29, 1.82) is 0 Å². The molecule has 2 N–H and O–H groups in total. The Balaban J connectivity index is 1.99. The summed E-state index contributed by atoms with van der Waals surface area (Å²) in [6.45, 7) is 0. The van der Waals surface area contributed by atoms with Crippen LogP contribution in [0.25, 0.3) is 0 Å². The molecule has 1 nitrogen and oxygen atoms in total. The van der Waals surface area contributed by atoms with Crippen LogP contribution in [0.5, 0.6) is 0 Å². The highest BCUT2D eigenvalue weighted by Crippen LogP contribution is 2.39. The van der Waals surface area contributed by atoms with E-state index in [4.69, 9.17) is 5.73 Å². The van der Waals surface area contributed by atoms with Gasteiger partial charge in [0, 0.05) is 6.04 Å². The topological polar surface area (TPSA) is 26.0 Å². The van der Waals surface area contributed by atoms with Crippen molar-refractivity contribution in [3.8, 4) is 0 Å². The van der Waals surface area contributed by atoms with Gasteiger partial charge in [-0.1, -0.05) is 32.1 Å². The van der Waals surface area contributed by atoms with Crippen LogP contribution < -0.4 is 5.73 Å². The van der Waals surface area contributed by atoms with Crippen molar-refractivity contribution in [2.75, 3.05) is 0 Å². The molecule has 0 bridgehead atoms. The Labute approximate surface area is 69.4 Å². The molecule has 3 atom stereocenters. The van der Waals surface area contributed by atoms with Gasteiger partial charge >= 0.3 is 0 Å². The lowest BCUT2D eigenvalue weighted by Crippen LogP contribution is -2.40. The molecule has 2 rings (SSSR count). The highest BCUT2D eigenvalue weighted by molar-refractivity contribution is 4.86. The lowest BCUT2D eigenvalue weighted by Gasteiger charge is -2.39. The van der Waals surface area contributed by atoms with E-state index >= 15 is 0 Å². The van der Waals surface area contributed by atoms with Gasteiger partial charge in [0.15, 0.2) is 0 Å². The minimum atomic E-state index is 0.550. The van der Waals surface area contributed by atoms with Crippen LogP contribution in [0.4, 0.5) is 0 Å². The van der Waals surface area contributed by atoms with Crippen LogP contribution in [0.3, 0.4) is 0 Å². The molecule has 0 heterocycles. The molecule has 0 radical (unpaired) electrons. The largest absolute Gasteiger partial charge is 0.327 e. The lowest BCUT2D eigenvalue weighted by atomic mass is 9.69. The lowest BCUT2D eigenvalue weighted by molar-refractivity contribution is 0.146. The van der Waals surface area contributed by atoms with Crippen molar-refractivity contribution in [1.82, 2.24) is 0 Å². The average Bonchev–Trinajstić information content (AvgIpc) is 2.06. The van der Waals surface area contributed by atoms with E-state index in [-0.39, 0.29) is 0 Å². The second kappa shape index (κ2) is 3.14. The number of nitrogens with two attached hydrogens (primary N) is 1. The molecule has 2 fully saturated rings. The predicted octanol–water partition coefficient (Wildman–Crippen LogP) is 2.30. The summed E-state index contributed by atoms with van der Waals surface area (Å²) in [5, 5.41) is 0. The minimum absolute atomic E-state index is 0.550. The first-order chi connectivity index (χ1) is 5.38. The Morgan fingerprint density at radius 3 is 2.36 bits per heavy atom. The Morgan fingerprint density at radius 2 is 1.55 bits per heavy atom. The van der Waals surface area contributed by atoms with E-state index in [1.165, 1.54) is 44.9 Å². The summed E-state index contributed by atoms with van der Waals surface area (Å²) in [6.07, 6.45) is 9.95. The molecule has 2 saturated carbocycles. The van der Waals surface area contributed by atoms with Gasteiger partial charge in [0.05, 0.1) is 0 Å². The SMILES string of the molecule is N[C@@H]1CCC[C@@H]2CCCC[C@@H]21. The van der Waals surface area contributed by atoms with Gasteiger partial charge in [0.25, 0.3) is 0 Å².